The average Bonchev–Trinajstić information content (AvgIpc) is 3.37. The smallest absolute Gasteiger partial charge is 0.291 e. The molecule has 0 aliphatic heterocycles. The second kappa shape index (κ2) is 7.21. The summed E-state index contributed by atoms with van der Waals surface area (Å²) >= 11 is 0. The van der Waals surface area contributed by atoms with Crippen LogP contribution < -0.4 is 10.6 Å². The molecular formula is C21H16N2O4. The number of furan rings is 2. The zero-order valence-corrected chi connectivity index (χ0v) is 14.3. The number of hydrogen-bond acceptors (Lipinski definition) is 4. The number of anilines is 1. The Morgan fingerprint density at radius 1 is 0.852 bits per heavy atom. The predicted molar refractivity (Wildman–Crippen MR) is 100 cm³/mol. The molecule has 0 spiro atoms. The molecule has 0 saturated heterocycles. The van der Waals surface area contributed by atoms with Crippen LogP contribution in [0, 0.1) is 0 Å². The number of fused-ring (bicyclic) bond motifs is 1. The van der Waals surface area contributed by atoms with Crippen LogP contribution in [0.2, 0.25) is 0 Å². The van der Waals surface area contributed by atoms with Gasteiger partial charge in [-0.05, 0) is 42.0 Å². The minimum absolute atomic E-state index is 0.247. The predicted octanol–water partition coefficient (Wildman–Crippen LogP) is 4.21. The van der Waals surface area contributed by atoms with E-state index in [0.717, 1.165) is 10.9 Å². The highest BCUT2D eigenvalue weighted by Crippen LogP contribution is 2.19. The standard InChI is InChI=1S/C21H16N2O4/c24-20(19-12-15-4-1-2-5-17(15)27-19)22-13-14-7-9-16(10-8-14)23-21(25)18-6-3-11-26-18/h1-12H,13H2,(H,22,24)(H,23,25). The molecule has 6 nitrogen and oxygen atoms in total. The van der Waals surface area contributed by atoms with Crippen molar-refractivity contribution in [1.29, 1.82) is 0 Å². The molecule has 4 aromatic rings. The van der Waals surface area contributed by atoms with E-state index in [4.69, 9.17) is 8.83 Å². The second-order valence-corrected chi connectivity index (χ2v) is 5.96. The van der Waals surface area contributed by atoms with Crippen molar-refractivity contribution >= 4 is 28.5 Å². The van der Waals surface area contributed by atoms with Crippen LogP contribution in [0.25, 0.3) is 11.0 Å². The molecule has 0 aliphatic rings. The minimum atomic E-state index is -0.314. The Kier molecular flexibility index (Phi) is 4.45. The van der Waals surface area contributed by atoms with Crippen molar-refractivity contribution in [3.8, 4) is 0 Å². The summed E-state index contributed by atoms with van der Waals surface area (Å²) in [6.45, 7) is 0.349. The maximum Gasteiger partial charge on any atom is 0.291 e. The molecule has 2 amide bonds. The van der Waals surface area contributed by atoms with Gasteiger partial charge in [-0.15, -0.1) is 0 Å². The first-order chi connectivity index (χ1) is 13.2. The molecule has 2 aromatic heterocycles. The number of benzene rings is 2. The topological polar surface area (TPSA) is 84.5 Å². The highest BCUT2D eigenvalue weighted by atomic mass is 16.3. The molecule has 0 radical (unpaired) electrons. The van der Waals surface area contributed by atoms with E-state index < -0.39 is 0 Å². The van der Waals surface area contributed by atoms with E-state index in [1.54, 1.807) is 30.3 Å². The molecule has 6 heteroatoms. The van der Waals surface area contributed by atoms with Gasteiger partial charge in [0.05, 0.1) is 6.26 Å². The van der Waals surface area contributed by atoms with Gasteiger partial charge in [-0.2, -0.15) is 0 Å². The number of amides is 2. The van der Waals surface area contributed by atoms with E-state index in [0.29, 0.717) is 17.8 Å². The second-order valence-electron chi connectivity index (χ2n) is 5.96. The lowest BCUT2D eigenvalue weighted by Crippen LogP contribution is -2.22. The van der Waals surface area contributed by atoms with Gasteiger partial charge in [0.15, 0.2) is 11.5 Å². The van der Waals surface area contributed by atoms with Crippen LogP contribution in [-0.2, 0) is 6.54 Å². The number of rotatable bonds is 5. The molecule has 0 atom stereocenters. The number of carbonyl (C=O) groups is 2. The first-order valence-corrected chi connectivity index (χ1v) is 8.39. The summed E-state index contributed by atoms with van der Waals surface area (Å²) in [6.07, 6.45) is 1.45. The van der Waals surface area contributed by atoms with Crippen molar-refractivity contribution in [2.45, 2.75) is 6.54 Å². The molecule has 0 bridgehead atoms. The zero-order chi connectivity index (χ0) is 18.6. The highest BCUT2D eigenvalue weighted by Gasteiger charge is 2.12. The quantitative estimate of drug-likeness (QED) is 0.558. The summed E-state index contributed by atoms with van der Waals surface area (Å²) in [7, 11) is 0. The Hall–Kier alpha value is -3.80. The third-order valence-electron chi connectivity index (χ3n) is 4.06. The van der Waals surface area contributed by atoms with Crippen molar-refractivity contribution in [3.05, 3.63) is 90.1 Å². The Labute approximate surface area is 154 Å². The molecule has 2 N–H and O–H groups in total. The van der Waals surface area contributed by atoms with Crippen LogP contribution in [0.15, 0.2) is 81.8 Å². The van der Waals surface area contributed by atoms with Crippen molar-refractivity contribution < 1.29 is 18.4 Å². The van der Waals surface area contributed by atoms with Gasteiger partial charge >= 0.3 is 0 Å². The molecular weight excluding hydrogens is 344 g/mol. The first kappa shape index (κ1) is 16.7. The number of carbonyl (C=O) groups excluding carboxylic acids is 2. The van der Waals surface area contributed by atoms with E-state index in [1.807, 2.05) is 36.4 Å². The Balaban J connectivity index is 1.35. The molecule has 0 fully saturated rings. The largest absolute Gasteiger partial charge is 0.459 e. The van der Waals surface area contributed by atoms with Crippen molar-refractivity contribution in [2.75, 3.05) is 5.32 Å². The summed E-state index contributed by atoms with van der Waals surface area (Å²) in [5.74, 6) is -0.0666. The molecule has 0 unspecified atom stereocenters. The van der Waals surface area contributed by atoms with Gasteiger partial charge < -0.3 is 19.5 Å². The summed E-state index contributed by atoms with van der Waals surface area (Å²) < 4.78 is 10.6. The molecule has 2 heterocycles. The summed E-state index contributed by atoms with van der Waals surface area (Å²) in [5.41, 5.74) is 2.22. The van der Waals surface area contributed by atoms with E-state index in [2.05, 4.69) is 10.6 Å². The molecule has 0 aliphatic carbocycles. The summed E-state index contributed by atoms with van der Waals surface area (Å²) in [6, 6.07) is 19.6. The molecule has 4 rings (SSSR count). The van der Waals surface area contributed by atoms with Crippen LogP contribution in [-0.4, -0.2) is 11.8 Å². The Bertz CT molecular complexity index is 1050. The van der Waals surface area contributed by atoms with Crippen LogP contribution in [0.4, 0.5) is 5.69 Å². The monoisotopic (exact) mass is 360 g/mol. The Morgan fingerprint density at radius 3 is 2.41 bits per heavy atom. The van der Waals surface area contributed by atoms with Crippen LogP contribution in [0.3, 0.4) is 0 Å². The summed E-state index contributed by atoms with van der Waals surface area (Å²) in [5, 5.41) is 6.45. The third kappa shape index (κ3) is 3.74. The fraction of sp³-hybridized carbons (Fsp3) is 0.0476. The van der Waals surface area contributed by atoms with Crippen LogP contribution >= 0.6 is 0 Å². The van der Waals surface area contributed by atoms with E-state index in [9.17, 15) is 9.59 Å². The van der Waals surface area contributed by atoms with Crippen LogP contribution in [0.1, 0.15) is 26.7 Å². The Morgan fingerprint density at radius 2 is 1.67 bits per heavy atom. The molecule has 2 aromatic carbocycles. The fourth-order valence-corrected chi connectivity index (χ4v) is 2.67. The van der Waals surface area contributed by atoms with E-state index in [1.165, 1.54) is 6.26 Å². The average molecular weight is 360 g/mol. The normalized spacial score (nSPS) is 10.7. The van der Waals surface area contributed by atoms with Gasteiger partial charge in [0.1, 0.15) is 5.58 Å². The third-order valence-corrected chi connectivity index (χ3v) is 4.06. The first-order valence-electron chi connectivity index (χ1n) is 8.39. The minimum Gasteiger partial charge on any atom is -0.459 e. The van der Waals surface area contributed by atoms with Crippen molar-refractivity contribution in [2.24, 2.45) is 0 Å². The van der Waals surface area contributed by atoms with Crippen molar-refractivity contribution in [1.82, 2.24) is 5.32 Å². The van der Waals surface area contributed by atoms with Crippen LogP contribution in [0.5, 0.6) is 0 Å². The number of hydrogen-bond donors (Lipinski definition) is 2. The maximum atomic E-state index is 12.3. The van der Waals surface area contributed by atoms with Gasteiger partial charge in [-0.1, -0.05) is 30.3 Å². The zero-order valence-electron chi connectivity index (χ0n) is 14.3. The SMILES string of the molecule is O=C(Nc1ccc(CNC(=O)c2cc3ccccc3o2)cc1)c1ccco1. The van der Waals surface area contributed by atoms with Crippen molar-refractivity contribution in [3.63, 3.8) is 0 Å². The van der Waals surface area contributed by atoms with E-state index in [-0.39, 0.29) is 23.3 Å². The lowest BCUT2D eigenvalue weighted by molar-refractivity contribution is 0.0924. The van der Waals surface area contributed by atoms with Gasteiger partial charge in [0.2, 0.25) is 0 Å². The molecule has 134 valence electrons. The highest BCUT2D eigenvalue weighted by molar-refractivity contribution is 6.02. The lowest BCUT2D eigenvalue weighted by Gasteiger charge is -2.06. The lowest BCUT2D eigenvalue weighted by atomic mass is 10.2. The summed E-state index contributed by atoms with van der Waals surface area (Å²) in [4.78, 5) is 24.2. The number of para-hydroxylation sites is 1. The maximum absolute atomic E-state index is 12.3. The number of nitrogens with one attached hydrogen (secondary N) is 2. The van der Waals surface area contributed by atoms with E-state index >= 15 is 0 Å². The fourth-order valence-electron chi connectivity index (χ4n) is 2.67. The molecule has 0 saturated carbocycles. The van der Waals surface area contributed by atoms with Gasteiger partial charge in [-0.25, -0.2) is 0 Å². The van der Waals surface area contributed by atoms with Gasteiger partial charge in [0, 0.05) is 17.6 Å². The van der Waals surface area contributed by atoms with Gasteiger partial charge in [0.25, 0.3) is 11.8 Å². The molecule has 27 heavy (non-hydrogen) atoms. The van der Waals surface area contributed by atoms with Gasteiger partial charge in [-0.3, -0.25) is 9.59 Å².